The molecule has 3 rings (SSSR count). The predicted octanol–water partition coefficient (Wildman–Crippen LogP) is 3.96. The molecule has 0 fully saturated rings. The van der Waals surface area contributed by atoms with E-state index in [0.29, 0.717) is 5.02 Å². The number of rotatable bonds is 3. The Morgan fingerprint density at radius 2 is 1.81 bits per heavy atom. The molecule has 2 aromatic carbocycles. The van der Waals surface area contributed by atoms with Crippen LogP contribution in [0.15, 0.2) is 47.4 Å². The maximum atomic E-state index is 12.4. The van der Waals surface area contributed by atoms with Crippen LogP contribution in [0, 0.1) is 0 Å². The molecule has 0 saturated carbocycles. The Balaban J connectivity index is 1.89. The van der Waals surface area contributed by atoms with Gasteiger partial charge in [-0.25, -0.2) is 13.1 Å². The van der Waals surface area contributed by atoms with Crippen molar-refractivity contribution in [2.75, 3.05) is 0 Å². The normalized spacial score (nSPS) is 17.7. The van der Waals surface area contributed by atoms with E-state index in [1.165, 1.54) is 23.8 Å². The Bertz CT molecular complexity index is 790. The number of fused-ring (bicyclic) bond motifs is 1. The molecule has 0 amide bonds. The predicted molar refractivity (Wildman–Crippen MR) is 84.3 cm³/mol. The molecule has 0 unspecified atom stereocenters. The average molecular weight is 342 g/mol. The van der Waals surface area contributed by atoms with Crippen molar-refractivity contribution >= 4 is 33.2 Å². The van der Waals surface area contributed by atoms with Gasteiger partial charge in [0.25, 0.3) is 0 Å². The van der Waals surface area contributed by atoms with Crippen LogP contribution in [0.3, 0.4) is 0 Å². The van der Waals surface area contributed by atoms with Gasteiger partial charge in [-0.2, -0.15) is 0 Å². The Kier molecular flexibility index (Phi) is 3.97. The second-order valence-electron chi connectivity index (χ2n) is 4.99. The monoisotopic (exact) mass is 341 g/mol. The number of hydrogen-bond donors (Lipinski definition) is 1. The van der Waals surface area contributed by atoms with Gasteiger partial charge in [-0.3, -0.25) is 0 Å². The van der Waals surface area contributed by atoms with Gasteiger partial charge < -0.3 is 0 Å². The lowest BCUT2D eigenvalue weighted by molar-refractivity contribution is 0.554. The van der Waals surface area contributed by atoms with Crippen LogP contribution in [-0.4, -0.2) is 8.42 Å². The summed E-state index contributed by atoms with van der Waals surface area (Å²) in [5.74, 6) is 0. The van der Waals surface area contributed by atoms with E-state index in [0.717, 1.165) is 18.4 Å². The summed E-state index contributed by atoms with van der Waals surface area (Å²) in [5, 5.41) is 0.563. The minimum Gasteiger partial charge on any atom is -0.207 e. The molecule has 2 aromatic rings. The highest BCUT2D eigenvalue weighted by molar-refractivity contribution is 7.89. The Morgan fingerprint density at radius 1 is 1.05 bits per heavy atom. The largest absolute Gasteiger partial charge is 0.241 e. The molecule has 0 aliphatic heterocycles. The molecule has 0 bridgehead atoms. The highest BCUT2D eigenvalue weighted by atomic mass is 35.5. The summed E-state index contributed by atoms with van der Waals surface area (Å²) >= 11 is 11.7. The summed E-state index contributed by atoms with van der Waals surface area (Å²) in [6.07, 6.45) is 1.64. The van der Waals surface area contributed by atoms with Crippen molar-refractivity contribution in [3.8, 4) is 0 Å². The number of sulfonamides is 1. The van der Waals surface area contributed by atoms with Crippen molar-refractivity contribution in [2.45, 2.75) is 23.8 Å². The number of benzene rings is 2. The Hall–Kier alpha value is -1.07. The first-order chi connectivity index (χ1) is 9.97. The Morgan fingerprint density at radius 3 is 2.57 bits per heavy atom. The van der Waals surface area contributed by atoms with Crippen LogP contribution < -0.4 is 4.72 Å². The molecule has 1 aliphatic rings. The molecule has 6 heteroatoms. The standard InChI is InChI=1S/C15H13Cl2NO2S/c16-13-7-6-11(9-14(13)17)21(19,20)18-15-8-5-10-3-1-2-4-12(10)15/h1-4,6-7,9,15,18H,5,8H2/t15-/m1/s1. The minimum atomic E-state index is -3.62. The van der Waals surface area contributed by atoms with Crippen molar-refractivity contribution in [1.82, 2.24) is 4.72 Å². The SMILES string of the molecule is O=S(=O)(N[C@@H]1CCc2ccccc21)c1ccc(Cl)c(Cl)c1. The molecule has 3 nitrogen and oxygen atoms in total. The lowest BCUT2D eigenvalue weighted by Gasteiger charge is -2.14. The van der Waals surface area contributed by atoms with Gasteiger partial charge in [0.1, 0.15) is 0 Å². The summed E-state index contributed by atoms with van der Waals surface area (Å²) in [7, 11) is -3.62. The first-order valence-electron chi connectivity index (χ1n) is 6.52. The molecule has 1 aliphatic carbocycles. The van der Waals surface area contributed by atoms with E-state index >= 15 is 0 Å². The number of aryl methyl sites for hydroxylation is 1. The zero-order valence-corrected chi connectivity index (χ0v) is 13.3. The van der Waals surface area contributed by atoms with Crippen molar-refractivity contribution in [2.24, 2.45) is 0 Å². The Labute approximate surface area is 133 Å². The number of halogens is 2. The molecule has 0 radical (unpaired) electrons. The molecule has 0 heterocycles. The molecule has 1 atom stereocenters. The maximum absolute atomic E-state index is 12.4. The molecule has 0 spiro atoms. The van der Waals surface area contributed by atoms with E-state index in [4.69, 9.17) is 23.2 Å². The third kappa shape index (κ3) is 2.94. The fraction of sp³-hybridized carbons (Fsp3) is 0.200. The van der Waals surface area contributed by atoms with E-state index in [2.05, 4.69) is 4.72 Å². The molecule has 0 saturated heterocycles. The van der Waals surface area contributed by atoms with E-state index in [9.17, 15) is 8.42 Å². The second kappa shape index (κ2) is 5.61. The molecular formula is C15H13Cl2NO2S. The van der Waals surface area contributed by atoms with E-state index in [1.54, 1.807) is 0 Å². The van der Waals surface area contributed by atoms with Gasteiger partial charge in [0.2, 0.25) is 10.0 Å². The zero-order valence-electron chi connectivity index (χ0n) is 11.0. The van der Waals surface area contributed by atoms with Crippen molar-refractivity contribution in [3.05, 3.63) is 63.6 Å². The summed E-state index contributed by atoms with van der Waals surface area (Å²) in [6, 6.07) is 12.0. The third-order valence-corrected chi connectivity index (χ3v) is 5.84. The minimum absolute atomic E-state index is 0.126. The zero-order chi connectivity index (χ0) is 15.0. The van der Waals surface area contributed by atoms with Crippen LogP contribution in [0.5, 0.6) is 0 Å². The first-order valence-corrected chi connectivity index (χ1v) is 8.76. The molecule has 110 valence electrons. The lowest BCUT2D eigenvalue weighted by Crippen LogP contribution is -2.27. The summed E-state index contributed by atoms with van der Waals surface area (Å²) < 4.78 is 27.6. The van der Waals surface area contributed by atoms with Gasteiger partial charge in [0.15, 0.2) is 0 Å². The molecule has 1 N–H and O–H groups in total. The summed E-state index contributed by atoms with van der Waals surface area (Å²) in [5.41, 5.74) is 2.24. The van der Waals surface area contributed by atoms with Crippen LogP contribution in [-0.2, 0) is 16.4 Å². The topological polar surface area (TPSA) is 46.2 Å². The van der Waals surface area contributed by atoms with Crippen LogP contribution in [0.25, 0.3) is 0 Å². The molecule has 0 aromatic heterocycles. The lowest BCUT2D eigenvalue weighted by atomic mass is 10.1. The number of nitrogens with one attached hydrogen (secondary N) is 1. The highest BCUT2D eigenvalue weighted by Crippen LogP contribution is 2.32. The average Bonchev–Trinajstić information content (AvgIpc) is 2.85. The van der Waals surface area contributed by atoms with Crippen molar-refractivity contribution < 1.29 is 8.42 Å². The van der Waals surface area contributed by atoms with Gasteiger partial charge in [-0.1, -0.05) is 47.5 Å². The van der Waals surface area contributed by atoms with Gasteiger partial charge in [-0.05, 0) is 42.2 Å². The van der Waals surface area contributed by atoms with E-state index in [-0.39, 0.29) is 16.0 Å². The van der Waals surface area contributed by atoms with Gasteiger partial charge in [0.05, 0.1) is 14.9 Å². The number of hydrogen-bond acceptors (Lipinski definition) is 2. The van der Waals surface area contributed by atoms with Crippen molar-refractivity contribution in [1.29, 1.82) is 0 Å². The summed E-state index contributed by atoms with van der Waals surface area (Å²) in [4.78, 5) is 0.126. The van der Waals surface area contributed by atoms with E-state index < -0.39 is 10.0 Å². The highest BCUT2D eigenvalue weighted by Gasteiger charge is 2.27. The van der Waals surface area contributed by atoms with Gasteiger partial charge >= 0.3 is 0 Å². The van der Waals surface area contributed by atoms with E-state index in [1.807, 2.05) is 24.3 Å². The van der Waals surface area contributed by atoms with Crippen LogP contribution >= 0.6 is 23.2 Å². The fourth-order valence-electron chi connectivity index (χ4n) is 2.58. The molecule has 21 heavy (non-hydrogen) atoms. The molecular weight excluding hydrogens is 329 g/mol. The quantitative estimate of drug-likeness (QED) is 0.918. The van der Waals surface area contributed by atoms with Gasteiger partial charge in [0, 0.05) is 6.04 Å². The second-order valence-corrected chi connectivity index (χ2v) is 7.52. The third-order valence-electron chi connectivity index (χ3n) is 3.63. The maximum Gasteiger partial charge on any atom is 0.241 e. The van der Waals surface area contributed by atoms with Gasteiger partial charge in [-0.15, -0.1) is 0 Å². The van der Waals surface area contributed by atoms with Crippen molar-refractivity contribution in [3.63, 3.8) is 0 Å². The first kappa shape index (κ1) is 14.9. The summed E-state index contributed by atoms with van der Waals surface area (Å²) in [6.45, 7) is 0. The smallest absolute Gasteiger partial charge is 0.207 e. The fourth-order valence-corrected chi connectivity index (χ4v) is 4.22. The van der Waals surface area contributed by atoms with Crippen LogP contribution in [0.2, 0.25) is 10.0 Å². The van der Waals surface area contributed by atoms with Crippen LogP contribution in [0.1, 0.15) is 23.6 Å². The van der Waals surface area contributed by atoms with Crippen LogP contribution in [0.4, 0.5) is 0 Å².